The summed E-state index contributed by atoms with van der Waals surface area (Å²) in [6.45, 7) is 7.54. The predicted molar refractivity (Wildman–Crippen MR) is 94.1 cm³/mol. The highest BCUT2D eigenvalue weighted by Gasteiger charge is 2.44. The molecule has 2 atom stereocenters. The third-order valence-electron chi connectivity index (χ3n) is 5.53. The molecule has 1 amide bonds. The van der Waals surface area contributed by atoms with Crippen molar-refractivity contribution >= 4 is 6.09 Å². The molecule has 2 bridgehead atoms. The van der Waals surface area contributed by atoms with Crippen LogP contribution in [-0.2, 0) is 9.47 Å². The van der Waals surface area contributed by atoms with Crippen molar-refractivity contribution in [2.24, 2.45) is 0 Å². The van der Waals surface area contributed by atoms with Gasteiger partial charge >= 0.3 is 6.09 Å². The highest BCUT2D eigenvalue weighted by atomic mass is 16.6. The Kier molecular flexibility index (Phi) is 5.70. The maximum absolute atomic E-state index is 12.5. The van der Waals surface area contributed by atoms with Crippen LogP contribution in [0.15, 0.2) is 0 Å². The molecule has 1 N–H and O–H groups in total. The van der Waals surface area contributed by atoms with Crippen molar-refractivity contribution in [3.05, 3.63) is 0 Å². The number of ether oxygens (including phenoxy) is 2. The Morgan fingerprint density at radius 1 is 1.08 bits per heavy atom. The predicted octanol–water partition coefficient (Wildman–Crippen LogP) is 3.47. The van der Waals surface area contributed by atoms with E-state index in [9.17, 15) is 4.79 Å². The summed E-state index contributed by atoms with van der Waals surface area (Å²) in [4.78, 5) is 14.5. The fourth-order valence-corrected chi connectivity index (χ4v) is 4.50. The molecule has 0 radical (unpaired) electrons. The zero-order chi connectivity index (χ0) is 17.2. The fourth-order valence-electron chi connectivity index (χ4n) is 4.50. The maximum Gasteiger partial charge on any atom is 0.410 e. The number of carbonyl (C=O) groups excluding carboxylic acids is 1. The molecule has 1 aliphatic carbocycles. The Morgan fingerprint density at radius 3 is 2.29 bits per heavy atom. The molecule has 2 heterocycles. The molecule has 0 aromatic rings. The smallest absolute Gasteiger partial charge is 0.410 e. The van der Waals surface area contributed by atoms with Crippen molar-refractivity contribution in [3.8, 4) is 0 Å². The van der Waals surface area contributed by atoms with Crippen LogP contribution < -0.4 is 5.32 Å². The minimum Gasteiger partial charge on any atom is -0.444 e. The summed E-state index contributed by atoms with van der Waals surface area (Å²) in [5.41, 5.74) is -0.413. The largest absolute Gasteiger partial charge is 0.444 e. The van der Waals surface area contributed by atoms with Gasteiger partial charge < -0.3 is 19.7 Å². The van der Waals surface area contributed by atoms with Gasteiger partial charge in [-0.3, -0.25) is 0 Å². The Hall–Kier alpha value is -0.810. The molecule has 2 unspecified atom stereocenters. The molecule has 2 aliphatic heterocycles. The number of hydrogen-bond acceptors (Lipinski definition) is 4. The highest BCUT2D eigenvalue weighted by Crippen LogP contribution is 2.36. The fraction of sp³-hybridized carbons (Fsp3) is 0.947. The van der Waals surface area contributed by atoms with Crippen LogP contribution in [0.3, 0.4) is 0 Å². The lowest BCUT2D eigenvalue weighted by atomic mass is 9.98. The zero-order valence-corrected chi connectivity index (χ0v) is 15.6. The summed E-state index contributed by atoms with van der Waals surface area (Å²) in [6, 6.07) is 1.19. The lowest BCUT2D eigenvalue weighted by Gasteiger charge is -2.39. The van der Waals surface area contributed by atoms with Crippen LogP contribution >= 0.6 is 0 Å². The van der Waals surface area contributed by atoms with Crippen LogP contribution in [0.5, 0.6) is 0 Å². The van der Waals surface area contributed by atoms with E-state index in [-0.39, 0.29) is 6.09 Å². The molecule has 3 aliphatic rings. The SMILES string of the molecule is CC(C)(C)OC(=O)N1C2CCC1CC(NCCOC1CCCC1)C2. The summed E-state index contributed by atoms with van der Waals surface area (Å²) in [6.07, 6.45) is 9.79. The van der Waals surface area contributed by atoms with Gasteiger partial charge in [0.2, 0.25) is 0 Å². The van der Waals surface area contributed by atoms with E-state index in [0.717, 1.165) is 38.8 Å². The van der Waals surface area contributed by atoms with E-state index in [4.69, 9.17) is 9.47 Å². The Balaban J connectivity index is 1.40. The number of nitrogens with one attached hydrogen (secondary N) is 1. The molecule has 0 aromatic carbocycles. The van der Waals surface area contributed by atoms with Crippen LogP contribution in [-0.4, -0.2) is 54.0 Å². The van der Waals surface area contributed by atoms with Crippen molar-refractivity contribution in [1.82, 2.24) is 10.2 Å². The summed E-state index contributed by atoms with van der Waals surface area (Å²) in [5.74, 6) is 0. The van der Waals surface area contributed by atoms with Gasteiger partial charge in [-0.15, -0.1) is 0 Å². The molecule has 1 saturated carbocycles. The minimum atomic E-state index is -0.413. The first-order chi connectivity index (χ1) is 11.4. The number of carbonyl (C=O) groups is 1. The normalized spacial score (nSPS) is 30.8. The summed E-state index contributed by atoms with van der Waals surface area (Å²) in [5, 5.41) is 3.65. The molecule has 5 heteroatoms. The molecule has 0 spiro atoms. The molecule has 0 aromatic heterocycles. The first-order valence-corrected chi connectivity index (χ1v) is 9.78. The summed E-state index contributed by atoms with van der Waals surface area (Å²) < 4.78 is 11.5. The molecule has 24 heavy (non-hydrogen) atoms. The second-order valence-corrected chi connectivity index (χ2v) is 8.67. The van der Waals surface area contributed by atoms with Gasteiger partial charge in [0, 0.05) is 24.7 Å². The van der Waals surface area contributed by atoms with Crippen LogP contribution in [0.1, 0.15) is 72.1 Å². The van der Waals surface area contributed by atoms with E-state index in [1.165, 1.54) is 25.7 Å². The number of nitrogens with zero attached hydrogens (tertiary/aromatic N) is 1. The Bertz CT molecular complexity index is 415. The van der Waals surface area contributed by atoms with E-state index in [2.05, 4.69) is 5.32 Å². The Morgan fingerprint density at radius 2 is 1.71 bits per heavy atom. The third kappa shape index (κ3) is 4.63. The molecule has 5 nitrogen and oxygen atoms in total. The van der Waals surface area contributed by atoms with Gasteiger partial charge in [-0.2, -0.15) is 0 Å². The van der Waals surface area contributed by atoms with Crippen molar-refractivity contribution in [2.75, 3.05) is 13.2 Å². The number of rotatable bonds is 5. The van der Waals surface area contributed by atoms with Crippen LogP contribution in [0.2, 0.25) is 0 Å². The first-order valence-electron chi connectivity index (χ1n) is 9.78. The number of amides is 1. The van der Waals surface area contributed by atoms with Crippen molar-refractivity contribution in [3.63, 3.8) is 0 Å². The van der Waals surface area contributed by atoms with Gasteiger partial charge in [0.25, 0.3) is 0 Å². The lowest BCUT2D eigenvalue weighted by molar-refractivity contribution is 0.00382. The van der Waals surface area contributed by atoms with Gasteiger partial charge in [-0.1, -0.05) is 12.8 Å². The van der Waals surface area contributed by atoms with Crippen LogP contribution in [0.4, 0.5) is 4.79 Å². The molecular formula is C19H34N2O3. The summed E-state index contributed by atoms with van der Waals surface area (Å²) in [7, 11) is 0. The monoisotopic (exact) mass is 338 g/mol. The number of hydrogen-bond donors (Lipinski definition) is 1. The number of piperidine rings is 1. The van der Waals surface area contributed by atoms with E-state index < -0.39 is 5.60 Å². The third-order valence-corrected chi connectivity index (χ3v) is 5.53. The second kappa shape index (κ2) is 7.61. The standard InChI is InChI=1S/C19H34N2O3/c1-19(2,3)24-18(22)21-15-8-9-16(21)13-14(12-15)20-10-11-23-17-6-4-5-7-17/h14-17,20H,4-13H2,1-3H3. The highest BCUT2D eigenvalue weighted by molar-refractivity contribution is 5.69. The minimum absolute atomic E-state index is 0.127. The summed E-state index contributed by atoms with van der Waals surface area (Å²) >= 11 is 0. The lowest BCUT2D eigenvalue weighted by Crippen LogP contribution is -2.53. The van der Waals surface area contributed by atoms with Gasteiger partial charge in [0.05, 0.1) is 12.7 Å². The Labute approximate surface area is 146 Å². The zero-order valence-electron chi connectivity index (χ0n) is 15.6. The molecular weight excluding hydrogens is 304 g/mol. The van der Waals surface area contributed by atoms with Crippen molar-refractivity contribution in [1.29, 1.82) is 0 Å². The van der Waals surface area contributed by atoms with Gasteiger partial charge in [-0.25, -0.2) is 4.79 Å². The van der Waals surface area contributed by atoms with E-state index in [0.29, 0.717) is 24.2 Å². The quantitative estimate of drug-likeness (QED) is 0.780. The van der Waals surface area contributed by atoms with Crippen molar-refractivity contribution in [2.45, 2.75) is 102 Å². The van der Waals surface area contributed by atoms with Crippen LogP contribution in [0.25, 0.3) is 0 Å². The second-order valence-electron chi connectivity index (χ2n) is 8.67. The maximum atomic E-state index is 12.5. The number of fused-ring (bicyclic) bond motifs is 2. The van der Waals surface area contributed by atoms with Crippen molar-refractivity contribution < 1.29 is 14.3 Å². The first kappa shape index (κ1) is 18.0. The van der Waals surface area contributed by atoms with Crippen LogP contribution in [0, 0.1) is 0 Å². The molecule has 138 valence electrons. The molecule has 2 saturated heterocycles. The van der Waals surface area contributed by atoms with Gasteiger partial charge in [0.1, 0.15) is 5.60 Å². The van der Waals surface area contributed by atoms with Gasteiger partial charge in [0.15, 0.2) is 0 Å². The average molecular weight is 338 g/mol. The molecule has 3 rings (SSSR count). The topological polar surface area (TPSA) is 50.8 Å². The molecule has 3 fully saturated rings. The van der Waals surface area contributed by atoms with E-state index >= 15 is 0 Å². The van der Waals surface area contributed by atoms with E-state index in [1.54, 1.807) is 0 Å². The van der Waals surface area contributed by atoms with E-state index in [1.807, 2.05) is 25.7 Å². The van der Waals surface area contributed by atoms with Gasteiger partial charge in [-0.05, 0) is 59.3 Å². The average Bonchev–Trinajstić information content (AvgIpc) is 3.09.